The lowest BCUT2D eigenvalue weighted by Gasteiger charge is -2.32. The Kier molecular flexibility index (Phi) is 10.2. The molecule has 0 spiro atoms. The van der Waals surface area contributed by atoms with Gasteiger partial charge in [0.25, 0.3) is 5.91 Å². The zero-order valence-electron chi connectivity index (χ0n) is 30.4. The van der Waals surface area contributed by atoms with Crippen LogP contribution in [0.2, 0.25) is 0 Å². The molecule has 4 N–H and O–H groups in total. The van der Waals surface area contributed by atoms with Gasteiger partial charge in [-0.3, -0.25) is 24.1 Å². The number of nitrogens with zero attached hydrogens (tertiary/aromatic N) is 4. The van der Waals surface area contributed by atoms with Crippen LogP contribution in [0.4, 0.5) is 17.1 Å². The van der Waals surface area contributed by atoms with Crippen LogP contribution in [0, 0.1) is 13.8 Å². The number of carbonyl (C=O) groups excluding carboxylic acids is 1. The zero-order chi connectivity index (χ0) is 36.5. The van der Waals surface area contributed by atoms with E-state index in [4.69, 9.17) is 9.84 Å². The minimum Gasteiger partial charge on any atom is -0.492 e. The fraction of sp³-hybridized carbons (Fsp3) is 0.368. The third-order valence-corrected chi connectivity index (χ3v) is 10.1. The van der Waals surface area contributed by atoms with Gasteiger partial charge in [0.1, 0.15) is 0 Å². The third-order valence-electron chi connectivity index (χ3n) is 9.49. The minimum atomic E-state index is -3.61. The van der Waals surface area contributed by atoms with E-state index in [1.54, 1.807) is 12.1 Å². The van der Waals surface area contributed by atoms with Crippen molar-refractivity contribution in [2.75, 3.05) is 41.5 Å². The number of methoxy groups -OCH3 is 1. The van der Waals surface area contributed by atoms with E-state index in [9.17, 15) is 13.2 Å². The van der Waals surface area contributed by atoms with Gasteiger partial charge in [0.2, 0.25) is 10.0 Å². The van der Waals surface area contributed by atoms with E-state index in [0.717, 1.165) is 72.5 Å². The van der Waals surface area contributed by atoms with Crippen molar-refractivity contribution in [2.24, 2.45) is 0 Å². The average Bonchev–Trinajstić information content (AvgIpc) is 3.71. The highest BCUT2D eigenvalue weighted by Crippen LogP contribution is 2.39. The fourth-order valence-electron chi connectivity index (χ4n) is 6.66. The van der Waals surface area contributed by atoms with Gasteiger partial charge in [0, 0.05) is 42.7 Å². The Morgan fingerprint density at radius 1 is 1.02 bits per heavy atom. The molecule has 4 aromatic rings. The lowest BCUT2D eigenvalue weighted by molar-refractivity contribution is 0.102. The number of benzene rings is 3. The molecule has 2 aliphatic rings. The highest BCUT2D eigenvalue weighted by atomic mass is 32.2. The molecule has 0 radical (unpaired) electrons. The minimum absolute atomic E-state index is 0.223. The summed E-state index contributed by atoms with van der Waals surface area (Å²) in [7, 11) is -2.17. The number of ether oxygens (including phenoxy) is 1. The van der Waals surface area contributed by atoms with E-state index < -0.39 is 10.0 Å². The predicted octanol–water partition coefficient (Wildman–Crippen LogP) is 6.09. The fourth-order valence-corrected chi connectivity index (χ4v) is 7.21. The van der Waals surface area contributed by atoms with Crippen LogP contribution < -0.4 is 30.7 Å². The van der Waals surface area contributed by atoms with Gasteiger partial charge in [-0.15, -0.1) is 5.53 Å². The number of nitrogens with one attached hydrogen (secondary N) is 4. The van der Waals surface area contributed by atoms with Crippen LogP contribution in [0.25, 0.3) is 5.70 Å². The first-order valence-corrected chi connectivity index (χ1v) is 19.0. The summed E-state index contributed by atoms with van der Waals surface area (Å²) in [6.45, 7) is 13.2. The standard InChI is InChI=1S/C38H48N8O4S/c1-25-13-14-28(37(47)40-32-20-29(38(3,4)5)21-33(36(32)50-6)42-51(7,48)49)19-35(25)45-24-34(41-43-45)31-22-39-46(26(31)2)30-15-17-44(18-16-30)23-27-11-9-8-10-12-27/h8-14,19-22,24,30,41-43H,15-18,23H2,1-7H3,(H,40,47). The molecule has 51 heavy (non-hydrogen) atoms. The van der Waals surface area contributed by atoms with Crippen molar-refractivity contribution in [3.63, 3.8) is 0 Å². The number of amides is 1. The summed E-state index contributed by atoms with van der Waals surface area (Å²) in [6, 6.07) is 20.0. The van der Waals surface area contributed by atoms with Gasteiger partial charge < -0.3 is 15.5 Å². The molecule has 1 amide bonds. The number of aryl methyl sites for hydroxylation is 1. The first kappa shape index (κ1) is 36.0. The second-order valence-corrected chi connectivity index (χ2v) is 16.2. The lowest BCUT2D eigenvalue weighted by atomic mass is 9.86. The summed E-state index contributed by atoms with van der Waals surface area (Å²) in [5.74, 6) is -0.144. The van der Waals surface area contributed by atoms with Crippen molar-refractivity contribution in [2.45, 2.75) is 65.5 Å². The highest BCUT2D eigenvalue weighted by molar-refractivity contribution is 7.92. The van der Waals surface area contributed by atoms with E-state index in [-0.39, 0.29) is 22.8 Å². The molecule has 0 unspecified atom stereocenters. The molecule has 6 rings (SSSR count). The normalized spacial score (nSPS) is 15.7. The van der Waals surface area contributed by atoms with E-state index >= 15 is 0 Å². The van der Waals surface area contributed by atoms with Crippen LogP contribution in [-0.4, -0.2) is 55.5 Å². The highest BCUT2D eigenvalue weighted by Gasteiger charge is 2.27. The van der Waals surface area contributed by atoms with Crippen molar-refractivity contribution < 1.29 is 17.9 Å². The summed E-state index contributed by atoms with van der Waals surface area (Å²) in [6.07, 6.45) is 7.05. The average molecular weight is 713 g/mol. The van der Waals surface area contributed by atoms with Crippen LogP contribution in [0.15, 0.2) is 73.1 Å². The number of hydrogen-bond donors (Lipinski definition) is 4. The maximum Gasteiger partial charge on any atom is 0.255 e. The molecule has 12 nitrogen and oxygen atoms in total. The first-order valence-electron chi connectivity index (χ1n) is 17.2. The van der Waals surface area contributed by atoms with E-state index in [2.05, 4.69) is 67.8 Å². The van der Waals surface area contributed by atoms with E-state index in [1.807, 2.05) is 63.3 Å². The van der Waals surface area contributed by atoms with Crippen molar-refractivity contribution >= 4 is 38.7 Å². The van der Waals surface area contributed by atoms with Crippen LogP contribution in [0.5, 0.6) is 5.75 Å². The van der Waals surface area contributed by atoms with E-state index in [1.165, 1.54) is 12.7 Å². The van der Waals surface area contributed by atoms with Crippen molar-refractivity contribution in [1.29, 1.82) is 0 Å². The number of carbonyl (C=O) groups is 1. The molecular formula is C38H48N8O4S. The Morgan fingerprint density at radius 2 is 1.73 bits per heavy atom. The van der Waals surface area contributed by atoms with Gasteiger partial charge in [-0.25, -0.2) is 8.42 Å². The Morgan fingerprint density at radius 3 is 2.39 bits per heavy atom. The summed E-state index contributed by atoms with van der Waals surface area (Å²) in [5, 5.41) is 9.63. The molecule has 0 atom stereocenters. The number of hydrazine groups is 2. The molecule has 270 valence electrons. The topological polar surface area (TPSA) is 133 Å². The first-order chi connectivity index (χ1) is 24.2. The molecule has 1 fully saturated rings. The number of aromatic nitrogens is 2. The summed E-state index contributed by atoms with van der Waals surface area (Å²) < 4.78 is 34.6. The van der Waals surface area contributed by atoms with E-state index in [0.29, 0.717) is 17.3 Å². The molecule has 1 aromatic heterocycles. The Balaban J connectivity index is 1.18. The van der Waals surface area contributed by atoms with Crippen LogP contribution in [-0.2, 0) is 22.0 Å². The number of anilines is 3. The molecule has 3 heterocycles. The number of piperidine rings is 1. The summed E-state index contributed by atoms with van der Waals surface area (Å²) in [4.78, 5) is 16.2. The molecule has 2 aliphatic heterocycles. The Hall–Kier alpha value is -4.85. The lowest BCUT2D eigenvalue weighted by Crippen LogP contribution is -2.36. The smallest absolute Gasteiger partial charge is 0.255 e. The van der Waals surface area contributed by atoms with Crippen molar-refractivity contribution in [1.82, 2.24) is 25.6 Å². The van der Waals surface area contributed by atoms with Gasteiger partial charge in [0.05, 0.1) is 48.4 Å². The van der Waals surface area contributed by atoms with Crippen LogP contribution in [0.1, 0.15) is 78.0 Å². The number of hydrogen-bond acceptors (Lipinski definition) is 9. The second kappa shape index (κ2) is 14.4. The molecule has 1 saturated heterocycles. The summed E-state index contributed by atoms with van der Waals surface area (Å²) >= 11 is 0. The SMILES string of the molecule is COc1c(NC(=O)c2ccc(C)c(N3C=C(c4cnn(C5CCN(Cc6ccccc6)CC5)c4C)NN3)c2)cc(C(C)(C)C)cc1NS(C)(=O)=O. The monoisotopic (exact) mass is 712 g/mol. The Bertz CT molecular complexity index is 2050. The van der Waals surface area contributed by atoms with Crippen molar-refractivity contribution in [3.8, 4) is 5.75 Å². The Labute approximate surface area is 300 Å². The maximum atomic E-state index is 13.7. The van der Waals surface area contributed by atoms with Gasteiger partial charge in [-0.05, 0) is 73.1 Å². The molecule has 13 heteroatoms. The third kappa shape index (κ3) is 8.22. The van der Waals surface area contributed by atoms with Crippen LogP contribution in [0.3, 0.4) is 0 Å². The molecule has 3 aromatic carbocycles. The largest absolute Gasteiger partial charge is 0.492 e. The van der Waals surface area contributed by atoms with Gasteiger partial charge in [-0.2, -0.15) is 5.10 Å². The molecule has 0 bridgehead atoms. The van der Waals surface area contributed by atoms with Crippen LogP contribution >= 0.6 is 0 Å². The molecule has 0 aliphatic carbocycles. The number of rotatable bonds is 10. The molecule has 0 saturated carbocycles. The molecular weight excluding hydrogens is 665 g/mol. The summed E-state index contributed by atoms with van der Waals surface area (Å²) in [5.41, 5.74) is 14.1. The van der Waals surface area contributed by atoms with Gasteiger partial charge in [0.15, 0.2) is 5.75 Å². The van der Waals surface area contributed by atoms with Gasteiger partial charge in [-0.1, -0.05) is 57.2 Å². The van der Waals surface area contributed by atoms with Crippen molar-refractivity contribution in [3.05, 3.63) is 107 Å². The second-order valence-electron chi connectivity index (χ2n) is 14.4. The quantitative estimate of drug-likeness (QED) is 0.154. The predicted molar refractivity (Wildman–Crippen MR) is 203 cm³/mol. The maximum absolute atomic E-state index is 13.7. The number of sulfonamides is 1. The number of likely N-dealkylation sites (tertiary alicyclic amines) is 1. The van der Waals surface area contributed by atoms with Gasteiger partial charge >= 0.3 is 0 Å². The zero-order valence-corrected chi connectivity index (χ0v) is 31.2.